The van der Waals surface area contributed by atoms with Crippen LogP contribution in [0.3, 0.4) is 0 Å². The first-order chi connectivity index (χ1) is 24.0. The lowest BCUT2D eigenvalue weighted by atomic mass is 9.70. The summed E-state index contributed by atoms with van der Waals surface area (Å²) < 4.78 is 34.0. The summed E-state index contributed by atoms with van der Waals surface area (Å²) in [6, 6.07) is 33.2. The van der Waals surface area contributed by atoms with Crippen molar-refractivity contribution in [2.45, 2.75) is 62.1 Å². The Morgan fingerprint density at radius 2 is 0.755 bits per heavy atom. The zero-order valence-corrected chi connectivity index (χ0v) is 32.9. The van der Waals surface area contributed by atoms with Gasteiger partial charge in [0.1, 0.15) is 0 Å². The molecule has 258 valence electrons. The van der Waals surface area contributed by atoms with E-state index in [-0.39, 0.29) is 5.41 Å². The van der Waals surface area contributed by atoms with E-state index in [0.717, 1.165) is 91.2 Å². The number of ether oxygens (including phenoxy) is 6. The Morgan fingerprint density at radius 3 is 1.06 bits per heavy atom. The number of rotatable bonds is 22. The van der Waals surface area contributed by atoms with Crippen LogP contribution in [0.25, 0.3) is 0 Å². The van der Waals surface area contributed by atoms with Crippen LogP contribution in [-0.4, -0.2) is 71.2 Å². The van der Waals surface area contributed by atoms with Gasteiger partial charge in [-0.15, -0.1) is 0 Å². The summed E-state index contributed by atoms with van der Waals surface area (Å²) in [7, 11) is 12.3. The highest BCUT2D eigenvalue weighted by Crippen LogP contribution is 2.40. The van der Waals surface area contributed by atoms with Crippen LogP contribution in [0.15, 0.2) is 84.9 Å². The van der Waals surface area contributed by atoms with E-state index in [9.17, 15) is 0 Å². The van der Waals surface area contributed by atoms with Crippen molar-refractivity contribution in [3.05, 3.63) is 90.5 Å². The van der Waals surface area contributed by atoms with E-state index in [1.54, 1.807) is 42.7 Å². The summed E-state index contributed by atoms with van der Waals surface area (Å²) in [5.41, 5.74) is 1.55. The molecule has 0 N–H and O–H groups in total. The fourth-order valence-electron chi connectivity index (χ4n) is 6.63. The van der Waals surface area contributed by atoms with Crippen molar-refractivity contribution in [2.24, 2.45) is 0 Å². The van der Waals surface area contributed by atoms with E-state index >= 15 is 0 Å². The summed E-state index contributed by atoms with van der Waals surface area (Å²) in [6.07, 6.45) is 6.87. The molecule has 0 aliphatic carbocycles. The molecule has 0 atom stereocenters. The number of methoxy groups -OCH3 is 6. The van der Waals surface area contributed by atoms with Gasteiger partial charge in [-0.1, -0.05) is 104 Å². The number of hydrogen-bond acceptors (Lipinski definition) is 6. The smallest absolute Gasteiger partial charge is 0.160 e. The first-order valence-electron chi connectivity index (χ1n) is 16.9. The van der Waals surface area contributed by atoms with Crippen LogP contribution >= 0.6 is 0 Å². The van der Waals surface area contributed by atoms with Gasteiger partial charge < -0.3 is 28.4 Å². The molecule has 0 fully saturated rings. The second-order valence-electron chi connectivity index (χ2n) is 11.9. The third kappa shape index (κ3) is 10.2. The van der Waals surface area contributed by atoms with Gasteiger partial charge in [0, 0.05) is 0 Å². The van der Waals surface area contributed by atoms with Crippen LogP contribution in [0.4, 0.5) is 0 Å². The predicted octanol–water partition coefficient (Wildman–Crippen LogP) is 6.66. The van der Waals surface area contributed by atoms with Crippen LogP contribution in [-0.2, 0) is 5.41 Å². The van der Waals surface area contributed by atoms with Crippen LogP contribution in [0.2, 0.25) is 18.1 Å². The Hall–Kier alpha value is -3.67. The molecule has 6 nitrogen and oxygen atoms in total. The quantitative estimate of drug-likeness (QED) is 0.0672. The molecule has 9 heteroatoms. The maximum atomic E-state index is 5.75. The minimum absolute atomic E-state index is 0.0933. The largest absolute Gasteiger partial charge is 0.493 e. The summed E-state index contributed by atoms with van der Waals surface area (Å²) >= 11 is 0. The van der Waals surface area contributed by atoms with Crippen molar-refractivity contribution >= 4 is 44.1 Å². The van der Waals surface area contributed by atoms with Gasteiger partial charge in [-0.05, 0) is 64.0 Å². The van der Waals surface area contributed by atoms with Crippen molar-refractivity contribution in [1.82, 2.24) is 0 Å². The first kappa shape index (κ1) is 38.1. The lowest BCUT2D eigenvalue weighted by Gasteiger charge is -2.35. The van der Waals surface area contributed by atoms with Crippen LogP contribution in [0.1, 0.15) is 44.1 Å². The number of para-hydroxylation sites is 3. The molecule has 0 unspecified atom stereocenters. The monoisotopic (exact) mass is 710 g/mol. The van der Waals surface area contributed by atoms with E-state index in [2.05, 4.69) is 66.7 Å². The van der Waals surface area contributed by atoms with E-state index in [1.807, 2.05) is 18.2 Å². The van der Waals surface area contributed by atoms with Gasteiger partial charge in [-0.2, -0.15) is 0 Å². The predicted molar refractivity (Wildman–Crippen MR) is 205 cm³/mol. The highest BCUT2D eigenvalue weighted by atomic mass is 28.2. The standard InChI is InChI=1S/C40H50O6Si3/c1-41-31-18-10-21-34(37(31)44-4)47-27-13-24-40(30-16-8-7-9-17-30,25-14-28-48-35-22-11-19-32(42-2)38(35)45-5)26-15-29-49-36-23-12-20-33(43-3)39(36)46-6/h7-12,16-23H,13-15,24-29H2,1-6H3. The van der Waals surface area contributed by atoms with Gasteiger partial charge in [0.05, 0.1) is 71.2 Å². The maximum Gasteiger partial charge on any atom is 0.160 e. The third-order valence-corrected chi connectivity index (χ3v) is 13.2. The molecule has 49 heavy (non-hydrogen) atoms. The van der Waals surface area contributed by atoms with E-state index in [0.29, 0.717) is 28.6 Å². The van der Waals surface area contributed by atoms with Crippen molar-refractivity contribution in [1.29, 1.82) is 0 Å². The van der Waals surface area contributed by atoms with Gasteiger partial charge in [0.25, 0.3) is 0 Å². The molecule has 6 radical (unpaired) electrons. The molecule has 0 aliphatic rings. The van der Waals surface area contributed by atoms with Gasteiger partial charge in [0.2, 0.25) is 0 Å². The highest BCUT2D eigenvalue weighted by molar-refractivity contribution is 6.55. The first-order valence-corrected chi connectivity index (χ1v) is 20.6. The van der Waals surface area contributed by atoms with Crippen LogP contribution in [0, 0.1) is 0 Å². The molecule has 0 spiro atoms. The molecule has 4 aromatic carbocycles. The number of benzene rings is 4. The SMILES string of the molecule is COc1cccc([Si]CCCC(CCC[Si]c2cccc(OC)c2OC)(CCC[Si]c2cccc(OC)c2OC)c2ccccc2)c1OC. The summed E-state index contributed by atoms with van der Waals surface area (Å²) in [4.78, 5) is 0. The van der Waals surface area contributed by atoms with Crippen LogP contribution in [0.5, 0.6) is 34.5 Å². The minimum atomic E-state index is 0.0933. The number of hydrogen-bond donors (Lipinski definition) is 0. The van der Waals surface area contributed by atoms with E-state index in [4.69, 9.17) is 28.4 Å². The molecule has 0 saturated heterocycles. The Balaban J connectivity index is 1.51. The maximum absolute atomic E-state index is 5.75. The van der Waals surface area contributed by atoms with E-state index in [1.165, 1.54) is 21.1 Å². The lowest BCUT2D eigenvalue weighted by molar-refractivity contribution is 0.327. The van der Waals surface area contributed by atoms with Crippen molar-refractivity contribution in [3.63, 3.8) is 0 Å². The summed E-state index contributed by atoms with van der Waals surface area (Å²) in [6.45, 7) is 0. The molecule has 0 heterocycles. The Kier molecular flexibility index (Phi) is 15.7. The lowest BCUT2D eigenvalue weighted by Crippen LogP contribution is -2.28. The molecule has 0 aliphatic heterocycles. The third-order valence-electron chi connectivity index (χ3n) is 9.04. The second-order valence-corrected chi connectivity index (χ2v) is 16.0. The average Bonchev–Trinajstić information content (AvgIpc) is 3.15. The normalized spacial score (nSPS) is 11.2. The molecule has 0 saturated carbocycles. The molecule has 0 aromatic heterocycles. The van der Waals surface area contributed by atoms with Crippen molar-refractivity contribution in [2.75, 3.05) is 42.7 Å². The van der Waals surface area contributed by atoms with Crippen LogP contribution < -0.4 is 44.0 Å². The molecule has 0 amide bonds. The summed E-state index contributed by atoms with van der Waals surface area (Å²) in [5, 5.41) is 3.69. The Morgan fingerprint density at radius 1 is 0.408 bits per heavy atom. The zero-order chi connectivity index (χ0) is 34.9. The molecule has 4 rings (SSSR count). The Labute approximate surface area is 301 Å². The fraction of sp³-hybridized carbons (Fsp3) is 0.400. The highest BCUT2D eigenvalue weighted by Gasteiger charge is 2.31. The molecular weight excluding hydrogens is 661 g/mol. The second kappa shape index (κ2) is 20.1. The minimum Gasteiger partial charge on any atom is -0.493 e. The topological polar surface area (TPSA) is 55.4 Å². The fourth-order valence-corrected chi connectivity index (χ4v) is 10.3. The van der Waals surface area contributed by atoms with Gasteiger partial charge in [-0.25, -0.2) is 0 Å². The van der Waals surface area contributed by atoms with Gasteiger partial charge >= 0.3 is 0 Å². The van der Waals surface area contributed by atoms with Crippen molar-refractivity contribution < 1.29 is 28.4 Å². The van der Waals surface area contributed by atoms with Crippen molar-refractivity contribution in [3.8, 4) is 34.5 Å². The van der Waals surface area contributed by atoms with Gasteiger partial charge in [0.15, 0.2) is 34.5 Å². The molecular formula is C40H50O6Si3. The average molecular weight is 711 g/mol. The molecule has 4 aromatic rings. The van der Waals surface area contributed by atoms with E-state index < -0.39 is 0 Å². The molecule has 0 bridgehead atoms. The Bertz CT molecular complexity index is 1410. The summed E-state index contributed by atoms with van der Waals surface area (Å²) in [5.74, 6) is 4.98. The van der Waals surface area contributed by atoms with Gasteiger partial charge in [-0.3, -0.25) is 0 Å². The zero-order valence-electron chi connectivity index (χ0n) is 29.9.